The predicted molar refractivity (Wildman–Crippen MR) is 85.8 cm³/mol. The van der Waals surface area contributed by atoms with Crippen LogP contribution in [0.15, 0.2) is 40.8 Å². The molecule has 1 aromatic heterocycles. The van der Waals surface area contributed by atoms with Crippen molar-refractivity contribution in [2.24, 2.45) is 5.92 Å². The van der Waals surface area contributed by atoms with Crippen LogP contribution >= 0.6 is 0 Å². The Morgan fingerprint density at radius 3 is 3.00 bits per heavy atom. The number of allylic oxidation sites excluding steroid dienone is 2. The molecule has 0 bridgehead atoms. The van der Waals surface area contributed by atoms with E-state index in [1.54, 1.807) is 7.11 Å². The molecule has 0 fully saturated rings. The monoisotopic (exact) mass is 299 g/mol. The summed E-state index contributed by atoms with van der Waals surface area (Å²) in [5.74, 6) is 1.63. The zero-order valence-electron chi connectivity index (χ0n) is 13.0. The summed E-state index contributed by atoms with van der Waals surface area (Å²) in [7, 11) is 1.62. The number of amides is 1. The van der Waals surface area contributed by atoms with Gasteiger partial charge in [-0.1, -0.05) is 24.3 Å². The van der Waals surface area contributed by atoms with E-state index in [-0.39, 0.29) is 17.9 Å². The highest BCUT2D eigenvalue weighted by molar-refractivity contribution is 5.84. The van der Waals surface area contributed by atoms with Gasteiger partial charge >= 0.3 is 0 Å². The van der Waals surface area contributed by atoms with E-state index in [0.29, 0.717) is 5.75 Å². The number of para-hydroxylation sites is 1. The Balaban J connectivity index is 1.75. The van der Waals surface area contributed by atoms with Crippen molar-refractivity contribution >= 4 is 16.9 Å². The van der Waals surface area contributed by atoms with Gasteiger partial charge in [-0.25, -0.2) is 0 Å². The van der Waals surface area contributed by atoms with Crippen LogP contribution in [0.4, 0.5) is 0 Å². The van der Waals surface area contributed by atoms with Crippen molar-refractivity contribution in [3.05, 3.63) is 42.2 Å². The Bertz CT molecular complexity index is 701. The smallest absolute Gasteiger partial charge is 0.224 e. The van der Waals surface area contributed by atoms with Crippen molar-refractivity contribution in [3.8, 4) is 5.75 Å². The highest BCUT2D eigenvalue weighted by atomic mass is 16.5. The molecule has 2 aromatic rings. The summed E-state index contributed by atoms with van der Waals surface area (Å²) >= 11 is 0. The lowest BCUT2D eigenvalue weighted by Crippen LogP contribution is -2.33. The second kappa shape index (κ2) is 6.26. The summed E-state index contributed by atoms with van der Waals surface area (Å²) < 4.78 is 11.2. The van der Waals surface area contributed by atoms with Crippen LogP contribution in [-0.4, -0.2) is 13.0 Å². The van der Waals surface area contributed by atoms with Crippen LogP contribution in [0.25, 0.3) is 11.0 Å². The number of hydrogen-bond acceptors (Lipinski definition) is 3. The van der Waals surface area contributed by atoms with Crippen molar-refractivity contribution in [2.45, 2.75) is 32.2 Å². The maximum atomic E-state index is 12.3. The van der Waals surface area contributed by atoms with Crippen LogP contribution in [0.1, 0.15) is 38.0 Å². The largest absolute Gasteiger partial charge is 0.493 e. The Kier molecular flexibility index (Phi) is 4.18. The molecule has 0 saturated heterocycles. The van der Waals surface area contributed by atoms with Crippen LogP contribution in [-0.2, 0) is 4.79 Å². The van der Waals surface area contributed by atoms with E-state index in [2.05, 4.69) is 17.5 Å². The highest BCUT2D eigenvalue weighted by Gasteiger charge is 2.22. The molecule has 22 heavy (non-hydrogen) atoms. The molecule has 1 heterocycles. The van der Waals surface area contributed by atoms with Crippen LogP contribution in [0.2, 0.25) is 0 Å². The number of carbonyl (C=O) groups is 1. The summed E-state index contributed by atoms with van der Waals surface area (Å²) in [6, 6.07) is 7.58. The predicted octanol–water partition coefficient (Wildman–Crippen LogP) is 3.97. The first-order valence-electron chi connectivity index (χ1n) is 7.71. The van der Waals surface area contributed by atoms with Crippen LogP contribution in [0, 0.1) is 5.92 Å². The molecule has 1 aromatic carbocycles. The minimum atomic E-state index is -0.157. The molecule has 1 aliphatic carbocycles. The maximum absolute atomic E-state index is 12.3. The van der Waals surface area contributed by atoms with Crippen LogP contribution < -0.4 is 10.1 Å². The van der Waals surface area contributed by atoms with Gasteiger partial charge in [-0.2, -0.15) is 0 Å². The Hall–Kier alpha value is -2.23. The molecule has 1 amide bonds. The minimum absolute atomic E-state index is 0.0753. The first-order valence-corrected chi connectivity index (χ1v) is 7.71. The van der Waals surface area contributed by atoms with Crippen LogP contribution in [0.5, 0.6) is 5.75 Å². The molecule has 1 aliphatic rings. The van der Waals surface area contributed by atoms with Crippen molar-refractivity contribution in [2.75, 3.05) is 7.11 Å². The summed E-state index contributed by atoms with van der Waals surface area (Å²) in [4.78, 5) is 12.3. The molecular weight excluding hydrogens is 278 g/mol. The fourth-order valence-corrected chi connectivity index (χ4v) is 2.86. The van der Waals surface area contributed by atoms with E-state index in [9.17, 15) is 4.79 Å². The molecular formula is C18H21NO3. The van der Waals surface area contributed by atoms with Gasteiger partial charge in [0.15, 0.2) is 11.3 Å². The third-order valence-corrected chi connectivity index (χ3v) is 4.17. The SMILES string of the molecule is COc1cccc2cc([C@H](C)NC(=O)[C@H]3CC=CCC3)oc12. The van der Waals surface area contributed by atoms with Crippen molar-refractivity contribution < 1.29 is 13.9 Å². The lowest BCUT2D eigenvalue weighted by Gasteiger charge is -2.19. The Morgan fingerprint density at radius 2 is 2.27 bits per heavy atom. The summed E-state index contributed by atoms with van der Waals surface area (Å²) in [6.45, 7) is 1.95. The number of fused-ring (bicyclic) bond motifs is 1. The number of benzene rings is 1. The third kappa shape index (κ3) is 2.86. The van der Waals surface area contributed by atoms with E-state index >= 15 is 0 Å². The second-order valence-electron chi connectivity index (χ2n) is 5.74. The zero-order chi connectivity index (χ0) is 15.5. The molecule has 0 unspecified atom stereocenters. The molecule has 4 nitrogen and oxygen atoms in total. The number of nitrogens with one attached hydrogen (secondary N) is 1. The first-order chi connectivity index (χ1) is 10.7. The van der Waals surface area contributed by atoms with Crippen molar-refractivity contribution in [3.63, 3.8) is 0 Å². The molecule has 0 radical (unpaired) electrons. The standard InChI is InChI=1S/C18H21NO3/c1-12(19-18(20)13-7-4-3-5-8-13)16-11-14-9-6-10-15(21-2)17(14)22-16/h3-4,6,9-13H,5,7-8H2,1-2H3,(H,19,20)/t12-,13-/m0/s1. The average molecular weight is 299 g/mol. The molecule has 4 heteroatoms. The number of methoxy groups -OCH3 is 1. The quantitative estimate of drug-likeness (QED) is 0.869. The van der Waals surface area contributed by atoms with Gasteiger partial charge in [-0.3, -0.25) is 4.79 Å². The van der Waals surface area contributed by atoms with Gasteiger partial charge in [0.25, 0.3) is 0 Å². The fraction of sp³-hybridized carbons (Fsp3) is 0.389. The number of rotatable bonds is 4. The Labute approximate surface area is 130 Å². The molecule has 0 spiro atoms. The topological polar surface area (TPSA) is 51.5 Å². The fourth-order valence-electron chi connectivity index (χ4n) is 2.86. The van der Waals surface area contributed by atoms with Crippen LogP contribution in [0.3, 0.4) is 0 Å². The second-order valence-corrected chi connectivity index (χ2v) is 5.74. The molecule has 0 saturated carbocycles. The minimum Gasteiger partial charge on any atom is -0.493 e. The highest BCUT2D eigenvalue weighted by Crippen LogP contribution is 2.31. The summed E-state index contributed by atoms with van der Waals surface area (Å²) in [6.07, 6.45) is 6.95. The first kappa shape index (κ1) is 14.7. The van der Waals surface area contributed by atoms with Crippen molar-refractivity contribution in [1.29, 1.82) is 0 Å². The molecule has 2 atom stereocenters. The Morgan fingerprint density at radius 1 is 1.41 bits per heavy atom. The third-order valence-electron chi connectivity index (χ3n) is 4.17. The normalized spacial score (nSPS) is 19.1. The molecule has 1 N–H and O–H groups in total. The van der Waals surface area contributed by atoms with E-state index in [1.807, 2.05) is 31.2 Å². The van der Waals surface area contributed by atoms with E-state index < -0.39 is 0 Å². The lowest BCUT2D eigenvalue weighted by molar-refractivity contribution is -0.126. The average Bonchev–Trinajstić information content (AvgIpc) is 2.99. The summed E-state index contributed by atoms with van der Waals surface area (Å²) in [5, 5.41) is 4.04. The van der Waals surface area contributed by atoms with Gasteiger partial charge in [-0.05, 0) is 38.3 Å². The van der Waals surface area contributed by atoms with Gasteiger partial charge in [0, 0.05) is 11.3 Å². The van der Waals surface area contributed by atoms with E-state index in [4.69, 9.17) is 9.15 Å². The van der Waals surface area contributed by atoms with E-state index in [0.717, 1.165) is 36.0 Å². The van der Waals surface area contributed by atoms with Gasteiger partial charge < -0.3 is 14.5 Å². The van der Waals surface area contributed by atoms with Gasteiger partial charge in [0.2, 0.25) is 5.91 Å². The molecule has 116 valence electrons. The lowest BCUT2D eigenvalue weighted by atomic mass is 9.93. The number of ether oxygens (including phenoxy) is 1. The van der Waals surface area contributed by atoms with Gasteiger partial charge in [-0.15, -0.1) is 0 Å². The summed E-state index contributed by atoms with van der Waals surface area (Å²) in [5.41, 5.74) is 0.724. The number of furan rings is 1. The number of carbonyl (C=O) groups excluding carboxylic acids is 1. The van der Waals surface area contributed by atoms with Gasteiger partial charge in [0.05, 0.1) is 13.2 Å². The zero-order valence-corrected chi connectivity index (χ0v) is 13.0. The molecule has 3 rings (SSSR count). The molecule has 0 aliphatic heterocycles. The van der Waals surface area contributed by atoms with Crippen molar-refractivity contribution in [1.82, 2.24) is 5.32 Å². The van der Waals surface area contributed by atoms with E-state index in [1.165, 1.54) is 0 Å². The maximum Gasteiger partial charge on any atom is 0.224 e. The number of hydrogen-bond donors (Lipinski definition) is 1. The van der Waals surface area contributed by atoms with Gasteiger partial charge in [0.1, 0.15) is 5.76 Å².